The number of anilines is 1. The van der Waals surface area contributed by atoms with Crippen molar-refractivity contribution in [1.29, 1.82) is 0 Å². The maximum Gasteiger partial charge on any atom is 0.240 e. The number of sulfonamides is 1. The lowest BCUT2D eigenvalue weighted by atomic mass is 10.1. The van der Waals surface area contributed by atoms with Crippen LogP contribution in [0.3, 0.4) is 0 Å². The second-order valence-corrected chi connectivity index (χ2v) is 10.2. The number of nitrogens with two attached hydrogens (primary N) is 1. The molecule has 3 N–H and O–H groups in total. The van der Waals surface area contributed by atoms with E-state index >= 15 is 0 Å². The molecule has 1 aliphatic heterocycles. The average Bonchev–Trinajstić information content (AvgIpc) is 3.34. The fraction of sp³-hybridized carbons (Fsp3) is 0.308. The smallest absolute Gasteiger partial charge is 0.240 e. The highest BCUT2D eigenvalue weighted by Gasteiger charge is 2.24. The van der Waals surface area contributed by atoms with Crippen molar-refractivity contribution in [2.24, 2.45) is 5.14 Å². The van der Waals surface area contributed by atoms with Gasteiger partial charge in [0.25, 0.3) is 0 Å². The van der Waals surface area contributed by atoms with Gasteiger partial charge >= 0.3 is 0 Å². The van der Waals surface area contributed by atoms with Crippen LogP contribution in [0.15, 0.2) is 83.8 Å². The fourth-order valence-electron chi connectivity index (χ4n) is 4.40. The van der Waals surface area contributed by atoms with Gasteiger partial charge in [-0.15, -0.1) is 0 Å². The van der Waals surface area contributed by atoms with Crippen LogP contribution in [0.1, 0.15) is 35.6 Å². The second-order valence-electron chi connectivity index (χ2n) is 8.62. The summed E-state index contributed by atoms with van der Waals surface area (Å²) in [5.41, 5.74) is 3.47. The molecule has 1 atom stereocenters. The highest BCUT2D eigenvalue weighted by atomic mass is 32.2. The van der Waals surface area contributed by atoms with Crippen LogP contribution in [-0.2, 0) is 23.1 Å². The second kappa shape index (κ2) is 10.5. The van der Waals surface area contributed by atoms with Crippen molar-refractivity contribution >= 4 is 15.7 Å². The van der Waals surface area contributed by atoms with Gasteiger partial charge < -0.3 is 10.0 Å². The van der Waals surface area contributed by atoms with Crippen molar-refractivity contribution in [1.82, 2.24) is 4.90 Å². The van der Waals surface area contributed by atoms with Crippen LogP contribution >= 0.6 is 0 Å². The van der Waals surface area contributed by atoms with Crippen molar-refractivity contribution in [2.75, 3.05) is 24.5 Å². The first-order chi connectivity index (χ1) is 15.9. The van der Waals surface area contributed by atoms with Gasteiger partial charge in [0.05, 0.1) is 11.8 Å². The van der Waals surface area contributed by atoms with Gasteiger partial charge in [-0.2, -0.15) is 0 Å². The Morgan fingerprint density at radius 2 is 1.42 bits per heavy atom. The Morgan fingerprint density at radius 1 is 0.879 bits per heavy atom. The zero-order valence-electron chi connectivity index (χ0n) is 18.7. The topological polar surface area (TPSA) is 86.9 Å². The first-order valence-electron chi connectivity index (χ1n) is 11.3. The molecule has 0 saturated carbocycles. The highest BCUT2D eigenvalue weighted by molar-refractivity contribution is 7.89. The Bertz CT molecular complexity index is 1110. The molecule has 1 saturated heterocycles. The molecule has 3 aromatic rings. The van der Waals surface area contributed by atoms with Gasteiger partial charge in [-0.1, -0.05) is 66.7 Å². The fourth-order valence-corrected chi connectivity index (χ4v) is 5.19. The van der Waals surface area contributed by atoms with Crippen molar-refractivity contribution in [3.05, 3.63) is 95.6 Å². The predicted molar refractivity (Wildman–Crippen MR) is 131 cm³/mol. The minimum Gasteiger partial charge on any atom is -0.387 e. The van der Waals surface area contributed by atoms with Crippen molar-refractivity contribution in [3.63, 3.8) is 0 Å². The first kappa shape index (κ1) is 23.4. The van der Waals surface area contributed by atoms with Gasteiger partial charge in [-0.3, -0.25) is 4.90 Å². The average molecular weight is 466 g/mol. The summed E-state index contributed by atoms with van der Waals surface area (Å²) in [6, 6.07) is 25.4. The van der Waals surface area contributed by atoms with Crippen LogP contribution in [0.25, 0.3) is 0 Å². The molecule has 0 spiro atoms. The lowest BCUT2D eigenvalue weighted by molar-refractivity contribution is 0.105. The summed E-state index contributed by atoms with van der Waals surface area (Å²) >= 11 is 0. The van der Waals surface area contributed by atoms with Crippen LogP contribution in [0.2, 0.25) is 0 Å². The van der Waals surface area contributed by atoms with E-state index in [9.17, 15) is 13.5 Å². The lowest BCUT2D eigenvalue weighted by Gasteiger charge is -2.27. The van der Waals surface area contributed by atoms with Crippen LogP contribution in [-0.4, -0.2) is 38.1 Å². The zero-order valence-corrected chi connectivity index (χ0v) is 19.5. The molecule has 4 rings (SSSR count). The van der Waals surface area contributed by atoms with Gasteiger partial charge in [-0.05, 0) is 41.7 Å². The predicted octanol–water partition coefficient (Wildman–Crippen LogP) is 3.67. The minimum absolute atomic E-state index is 0.0821. The number of nitrogens with zero attached hydrogens (tertiary/aromatic N) is 2. The molecule has 174 valence electrons. The van der Waals surface area contributed by atoms with Crippen molar-refractivity contribution in [3.8, 4) is 0 Å². The first-order valence-corrected chi connectivity index (χ1v) is 12.8. The van der Waals surface area contributed by atoms with Gasteiger partial charge in [0.1, 0.15) is 4.90 Å². The van der Waals surface area contributed by atoms with E-state index in [0.29, 0.717) is 30.9 Å². The van der Waals surface area contributed by atoms with E-state index < -0.39 is 16.1 Å². The van der Waals surface area contributed by atoms with Gasteiger partial charge in [-0.25, -0.2) is 13.6 Å². The van der Waals surface area contributed by atoms with E-state index in [2.05, 4.69) is 29.2 Å². The normalized spacial score (nSPS) is 15.2. The Balaban J connectivity index is 1.58. The Hall–Kier alpha value is -2.71. The summed E-state index contributed by atoms with van der Waals surface area (Å²) in [6.45, 7) is 3.32. The molecule has 7 heteroatoms. The van der Waals surface area contributed by atoms with Crippen LogP contribution in [0, 0.1) is 0 Å². The third-order valence-corrected chi connectivity index (χ3v) is 6.99. The van der Waals surface area contributed by atoms with Gasteiger partial charge in [0.2, 0.25) is 10.0 Å². The summed E-state index contributed by atoms with van der Waals surface area (Å²) in [5, 5.41) is 16.7. The molecule has 3 aromatic carbocycles. The van der Waals surface area contributed by atoms with Crippen molar-refractivity contribution < 1.29 is 13.5 Å². The van der Waals surface area contributed by atoms with Crippen LogP contribution in [0.5, 0.6) is 0 Å². The molecule has 1 fully saturated rings. The Labute approximate surface area is 196 Å². The molecule has 0 amide bonds. The number of aliphatic hydroxyl groups is 1. The largest absolute Gasteiger partial charge is 0.387 e. The van der Waals surface area contributed by atoms with E-state index in [-0.39, 0.29) is 4.90 Å². The molecule has 1 unspecified atom stereocenters. The Morgan fingerprint density at radius 3 is 1.94 bits per heavy atom. The summed E-state index contributed by atoms with van der Waals surface area (Å²) in [6.07, 6.45) is 1.20. The molecule has 0 aliphatic carbocycles. The van der Waals surface area contributed by atoms with Gasteiger partial charge in [0.15, 0.2) is 0 Å². The molecule has 0 bridgehead atoms. The summed E-state index contributed by atoms with van der Waals surface area (Å²) in [4.78, 5) is 4.30. The minimum atomic E-state index is -3.92. The number of benzene rings is 3. The van der Waals surface area contributed by atoms with E-state index in [1.807, 2.05) is 47.4 Å². The molecular weight excluding hydrogens is 434 g/mol. The monoisotopic (exact) mass is 465 g/mol. The molecule has 0 radical (unpaired) electrons. The number of primary sulfonamides is 1. The maximum atomic E-state index is 12.3. The van der Waals surface area contributed by atoms with Gasteiger partial charge in [0, 0.05) is 32.7 Å². The number of hydrogen-bond acceptors (Lipinski definition) is 5. The number of aliphatic hydroxyl groups excluding tert-OH is 1. The summed E-state index contributed by atoms with van der Waals surface area (Å²) < 4.78 is 24.7. The summed E-state index contributed by atoms with van der Waals surface area (Å²) in [7, 11) is -3.92. The molecular formula is C26H31N3O3S. The van der Waals surface area contributed by atoms with E-state index in [1.165, 1.54) is 6.07 Å². The lowest BCUT2D eigenvalue weighted by Crippen LogP contribution is -2.28. The molecule has 1 heterocycles. The van der Waals surface area contributed by atoms with E-state index in [4.69, 9.17) is 5.14 Å². The number of rotatable bonds is 9. The molecule has 0 aromatic heterocycles. The van der Waals surface area contributed by atoms with E-state index in [0.717, 1.165) is 37.1 Å². The summed E-state index contributed by atoms with van der Waals surface area (Å²) in [5.74, 6) is 0. The number of hydrogen-bond donors (Lipinski definition) is 2. The quantitative estimate of drug-likeness (QED) is 0.504. The van der Waals surface area contributed by atoms with Crippen LogP contribution in [0.4, 0.5) is 5.69 Å². The zero-order chi connectivity index (χ0) is 23.3. The highest BCUT2D eigenvalue weighted by Crippen LogP contribution is 2.31. The third-order valence-electron chi connectivity index (χ3n) is 6.05. The van der Waals surface area contributed by atoms with Crippen molar-refractivity contribution in [2.45, 2.75) is 36.9 Å². The molecule has 6 nitrogen and oxygen atoms in total. The van der Waals surface area contributed by atoms with Crippen LogP contribution < -0.4 is 10.0 Å². The van der Waals surface area contributed by atoms with E-state index in [1.54, 1.807) is 6.07 Å². The molecule has 1 aliphatic rings. The standard InChI is InChI=1S/C26H31N3O3S/c27-33(31,32)26-17-23(13-14-24(26)29-15-7-8-16-29)25(30)20-28(18-21-9-3-1-4-10-21)19-22-11-5-2-6-12-22/h1-6,9-14,17,25,30H,7-8,15-16,18-20H2,(H2,27,31,32). The SMILES string of the molecule is NS(=O)(=O)c1cc(C(O)CN(Cc2ccccc2)Cc2ccccc2)ccc1N1CCCC1. The third kappa shape index (κ3) is 6.21. The Kier molecular flexibility index (Phi) is 7.45. The molecule has 33 heavy (non-hydrogen) atoms. The maximum absolute atomic E-state index is 12.3.